The Kier molecular flexibility index (Phi) is 5.06. The maximum atomic E-state index is 5.97. The summed E-state index contributed by atoms with van der Waals surface area (Å²) in [5.74, 6) is 0.495. The molecule has 1 aromatic heterocycles. The fraction of sp³-hybridized carbons (Fsp3) is 0.636. The molecule has 2 nitrogen and oxygen atoms in total. The third-order valence-electron chi connectivity index (χ3n) is 2.72. The molecular weight excluding hydrogens is 228 g/mol. The average molecular weight is 247 g/mol. The van der Waals surface area contributed by atoms with Crippen molar-refractivity contribution in [2.45, 2.75) is 19.4 Å². The number of rotatable bonds is 5. The fourth-order valence-corrected chi connectivity index (χ4v) is 3.27. The molecule has 0 aliphatic heterocycles. The van der Waals surface area contributed by atoms with E-state index in [1.54, 1.807) is 11.3 Å². The van der Waals surface area contributed by atoms with Gasteiger partial charge in [0, 0.05) is 10.9 Å². The molecule has 0 amide bonds. The molecule has 0 saturated carbocycles. The van der Waals surface area contributed by atoms with Crippen LogP contribution in [0.1, 0.15) is 24.3 Å². The van der Waals surface area contributed by atoms with E-state index in [4.69, 9.17) is 17.3 Å². The van der Waals surface area contributed by atoms with E-state index in [1.807, 2.05) is 6.07 Å². The van der Waals surface area contributed by atoms with Gasteiger partial charge in [-0.2, -0.15) is 0 Å². The van der Waals surface area contributed by atoms with E-state index < -0.39 is 0 Å². The molecule has 0 spiro atoms. The molecule has 2 N–H and O–H groups in total. The molecule has 2 atom stereocenters. The molecule has 0 aliphatic carbocycles. The van der Waals surface area contributed by atoms with E-state index in [2.05, 4.69) is 32.0 Å². The third-order valence-corrected chi connectivity index (χ3v) is 4.02. The standard InChI is InChI=1S/C11H19ClN2S/c1-4-8(7-13)11(14(2)3)9-5-6-10(12)15-9/h5-6,8,11H,4,7,13H2,1-3H3. The Morgan fingerprint density at radius 2 is 2.13 bits per heavy atom. The minimum atomic E-state index is 0.387. The number of thiophene rings is 1. The molecule has 0 bridgehead atoms. The second-order valence-corrected chi connectivity index (χ2v) is 5.70. The topological polar surface area (TPSA) is 29.3 Å². The van der Waals surface area contributed by atoms with Gasteiger partial charge in [0.25, 0.3) is 0 Å². The monoisotopic (exact) mass is 246 g/mol. The van der Waals surface area contributed by atoms with Gasteiger partial charge in [0.1, 0.15) is 0 Å². The smallest absolute Gasteiger partial charge is 0.0931 e. The number of nitrogens with zero attached hydrogens (tertiary/aromatic N) is 1. The molecule has 15 heavy (non-hydrogen) atoms. The van der Waals surface area contributed by atoms with Gasteiger partial charge >= 0.3 is 0 Å². The van der Waals surface area contributed by atoms with Gasteiger partial charge in [0.2, 0.25) is 0 Å². The minimum Gasteiger partial charge on any atom is -0.330 e. The van der Waals surface area contributed by atoms with Crippen LogP contribution in [0.5, 0.6) is 0 Å². The van der Waals surface area contributed by atoms with Crippen LogP contribution in [-0.2, 0) is 0 Å². The Bertz CT molecular complexity index is 295. The summed E-state index contributed by atoms with van der Waals surface area (Å²) in [4.78, 5) is 3.53. The van der Waals surface area contributed by atoms with Crippen LogP contribution in [0, 0.1) is 5.92 Å². The molecule has 0 radical (unpaired) electrons. The highest BCUT2D eigenvalue weighted by Gasteiger charge is 2.24. The first-order valence-electron chi connectivity index (χ1n) is 5.21. The summed E-state index contributed by atoms with van der Waals surface area (Å²) in [7, 11) is 4.19. The Balaban J connectivity index is 2.91. The van der Waals surface area contributed by atoms with Gasteiger partial charge in [-0.3, -0.25) is 0 Å². The molecule has 0 fully saturated rings. The highest BCUT2D eigenvalue weighted by molar-refractivity contribution is 7.16. The first kappa shape index (κ1) is 13.0. The zero-order valence-corrected chi connectivity index (χ0v) is 11.1. The molecule has 86 valence electrons. The zero-order chi connectivity index (χ0) is 11.4. The van der Waals surface area contributed by atoms with Gasteiger partial charge in [-0.25, -0.2) is 0 Å². The van der Waals surface area contributed by atoms with Gasteiger partial charge in [0.15, 0.2) is 0 Å². The van der Waals surface area contributed by atoms with E-state index in [0.717, 1.165) is 17.3 Å². The molecule has 0 aliphatic rings. The molecule has 1 heterocycles. The lowest BCUT2D eigenvalue weighted by Crippen LogP contribution is -2.31. The number of hydrogen-bond donors (Lipinski definition) is 1. The highest BCUT2D eigenvalue weighted by atomic mass is 35.5. The van der Waals surface area contributed by atoms with Crippen LogP contribution in [-0.4, -0.2) is 25.5 Å². The molecule has 0 aromatic carbocycles. The van der Waals surface area contributed by atoms with Crippen molar-refractivity contribution in [1.82, 2.24) is 4.90 Å². The number of halogens is 1. The summed E-state index contributed by atoms with van der Waals surface area (Å²) in [6.45, 7) is 2.90. The molecule has 0 saturated heterocycles. The molecule has 1 rings (SSSR count). The van der Waals surface area contributed by atoms with Crippen LogP contribution in [0.4, 0.5) is 0 Å². The Morgan fingerprint density at radius 1 is 1.47 bits per heavy atom. The van der Waals surface area contributed by atoms with Crippen LogP contribution in [0.15, 0.2) is 12.1 Å². The maximum absolute atomic E-state index is 5.97. The van der Waals surface area contributed by atoms with Crippen LogP contribution in [0.25, 0.3) is 0 Å². The van der Waals surface area contributed by atoms with Crippen molar-refractivity contribution in [3.8, 4) is 0 Å². The normalized spacial score (nSPS) is 15.6. The molecule has 1 aromatic rings. The zero-order valence-electron chi connectivity index (χ0n) is 9.53. The quantitative estimate of drug-likeness (QED) is 0.866. The summed E-state index contributed by atoms with van der Waals surface area (Å²) >= 11 is 7.62. The van der Waals surface area contributed by atoms with Crippen molar-refractivity contribution in [2.75, 3.05) is 20.6 Å². The fourth-order valence-electron chi connectivity index (χ4n) is 1.91. The van der Waals surface area contributed by atoms with Gasteiger partial charge in [-0.15, -0.1) is 11.3 Å². The highest BCUT2D eigenvalue weighted by Crippen LogP contribution is 2.34. The molecular formula is C11H19ClN2S. The molecule has 4 heteroatoms. The first-order chi connectivity index (χ1) is 7.10. The van der Waals surface area contributed by atoms with Gasteiger partial charge in [0.05, 0.1) is 4.34 Å². The average Bonchev–Trinajstić information content (AvgIpc) is 2.59. The second kappa shape index (κ2) is 5.85. The third kappa shape index (κ3) is 3.18. The summed E-state index contributed by atoms with van der Waals surface area (Å²) in [6, 6.07) is 4.45. The second-order valence-electron chi connectivity index (χ2n) is 3.95. The van der Waals surface area contributed by atoms with Crippen LogP contribution in [0.2, 0.25) is 4.34 Å². The van der Waals surface area contributed by atoms with Gasteiger partial charge in [-0.05, 0) is 38.7 Å². The first-order valence-corrected chi connectivity index (χ1v) is 6.41. The Hall–Kier alpha value is -0.0900. The maximum Gasteiger partial charge on any atom is 0.0931 e. The van der Waals surface area contributed by atoms with Crippen LogP contribution >= 0.6 is 22.9 Å². The van der Waals surface area contributed by atoms with Crippen molar-refractivity contribution < 1.29 is 0 Å². The number of nitrogens with two attached hydrogens (primary N) is 1. The lowest BCUT2D eigenvalue weighted by molar-refractivity contribution is 0.214. The van der Waals surface area contributed by atoms with Crippen molar-refractivity contribution >= 4 is 22.9 Å². The summed E-state index contributed by atoms with van der Waals surface area (Å²) < 4.78 is 0.851. The summed E-state index contributed by atoms with van der Waals surface area (Å²) in [5, 5.41) is 0. The van der Waals surface area contributed by atoms with E-state index in [0.29, 0.717) is 12.0 Å². The Morgan fingerprint density at radius 3 is 2.47 bits per heavy atom. The SMILES string of the molecule is CCC(CN)C(c1ccc(Cl)s1)N(C)C. The predicted molar refractivity (Wildman–Crippen MR) is 68.6 cm³/mol. The van der Waals surface area contributed by atoms with Gasteiger partial charge < -0.3 is 10.6 Å². The van der Waals surface area contributed by atoms with Crippen molar-refractivity contribution in [3.05, 3.63) is 21.3 Å². The lowest BCUT2D eigenvalue weighted by atomic mass is 9.95. The van der Waals surface area contributed by atoms with Crippen molar-refractivity contribution in [2.24, 2.45) is 11.7 Å². The Labute approximate surface area is 101 Å². The van der Waals surface area contributed by atoms with Crippen LogP contribution < -0.4 is 5.73 Å². The van der Waals surface area contributed by atoms with Gasteiger partial charge in [-0.1, -0.05) is 24.9 Å². The van der Waals surface area contributed by atoms with E-state index in [-0.39, 0.29) is 0 Å². The minimum absolute atomic E-state index is 0.387. The van der Waals surface area contributed by atoms with E-state index >= 15 is 0 Å². The van der Waals surface area contributed by atoms with E-state index in [1.165, 1.54) is 4.88 Å². The summed E-state index contributed by atoms with van der Waals surface area (Å²) in [6.07, 6.45) is 1.09. The van der Waals surface area contributed by atoms with Crippen LogP contribution in [0.3, 0.4) is 0 Å². The largest absolute Gasteiger partial charge is 0.330 e. The predicted octanol–water partition coefficient (Wildman–Crippen LogP) is 2.99. The van der Waals surface area contributed by atoms with E-state index in [9.17, 15) is 0 Å². The van der Waals surface area contributed by atoms with Crippen molar-refractivity contribution in [3.63, 3.8) is 0 Å². The lowest BCUT2D eigenvalue weighted by Gasteiger charge is -2.30. The number of hydrogen-bond acceptors (Lipinski definition) is 3. The summed E-state index contributed by atoms with van der Waals surface area (Å²) in [5.41, 5.74) is 5.81. The molecule has 2 unspecified atom stereocenters. The van der Waals surface area contributed by atoms with Crippen molar-refractivity contribution in [1.29, 1.82) is 0 Å².